The Bertz CT molecular complexity index is 780. The average molecular weight is 309 g/mol. The Morgan fingerprint density at radius 3 is 2.57 bits per heavy atom. The number of ether oxygens (including phenoxy) is 1. The highest BCUT2D eigenvalue weighted by Crippen LogP contribution is 2.32. The van der Waals surface area contributed by atoms with Crippen LogP contribution in [-0.2, 0) is 19.4 Å². The summed E-state index contributed by atoms with van der Waals surface area (Å²) >= 11 is 0. The van der Waals surface area contributed by atoms with E-state index in [2.05, 4.69) is 11.2 Å². The number of aryl methyl sites for hydroxylation is 1. The minimum atomic E-state index is 0.333. The molecule has 6 nitrogen and oxygen atoms in total. The highest BCUT2D eigenvalue weighted by atomic mass is 16.5. The summed E-state index contributed by atoms with van der Waals surface area (Å²) in [5, 5.41) is 22.8. The lowest BCUT2D eigenvalue weighted by Crippen LogP contribution is -2.13. The summed E-state index contributed by atoms with van der Waals surface area (Å²) < 4.78 is 7.88. The van der Waals surface area contributed by atoms with Gasteiger partial charge in [0.25, 0.3) is 0 Å². The van der Waals surface area contributed by atoms with Gasteiger partial charge in [-0.2, -0.15) is 15.6 Å². The molecule has 2 aromatic rings. The molecule has 0 atom stereocenters. The van der Waals surface area contributed by atoms with Gasteiger partial charge in [-0.25, -0.2) is 0 Å². The Balaban J connectivity index is 2.48. The fourth-order valence-corrected chi connectivity index (χ4v) is 2.42. The average Bonchev–Trinajstić information content (AvgIpc) is 2.92. The molecule has 0 saturated heterocycles. The topological polar surface area (TPSA) is 101 Å². The van der Waals surface area contributed by atoms with Crippen LogP contribution in [0.15, 0.2) is 18.2 Å². The Kier molecular flexibility index (Phi) is 5.35. The first kappa shape index (κ1) is 16.5. The van der Waals surface area contributed by atoms with Crippen molar-refractivity contribution in [1.29, 1.82) is 10.5 Å². The molecule has 0 fully saturated rings. The Morgan fingerprint density at radius 2 is 2.00 bits per heavy atom. The summed E-state index contributed by atoms with van der Waals surface area (Å²) in [6.45, 7) is 5.15. The summed E-state index contributed by atoms with van der Waals surface area (Å²) in [4.78, 5) is 0. The molecular weight excluding hydrogens is 290 g/mol. The number of aromatic nitrogens is 2. The largest absolute Gasteiger partial charge is 0.452 e. The molecule has 1 aromatic heterocycles. The van der Waals surface area contributed by atoms with Crippen LogP contribution < -0.4 is 10.5 Å². The number of rotatable bonds is 6. The fraction of sp³-hybridized carbons (Fsp3) is 0.353. The molecule has 0 aliphatic heterocycles. The number of benzene rings is 1. The molecule has 0 spiro atoms. The third kappa shape index (κ3) is 3.33. The molecule has 1 heterocycles. The van der Waals surface area contributed by atoms with E-state index in [1.54, 1.807) is 12.1 Å². The highest BCUT2D eigenvalue weighted by Gasteiger charge is 2.19. The summed E-state index contributed by atoms with van der Waals surface area (Å²) in [7, 11) is 0. The van der Waals surface area contributed by atoms with E-state index >= 15 is 0 Å². The first-order valence-electron chi connectivity index (χ1n) is 7.59. The molecule has 0 amide bonds. The van der Waals surface area contributed by atoms with Gasteiger partial charge in [-0.3, -0.25) is 4.68 Å². The summed E-state index contributed by atoms with van der Waals surface area (Å²) in [5.74, 6) is 1.12. The van der Waals surface area contributed by atoms with Crippen molar-refractivity contribution >= 4 is 0 Å². The number of nitriles is 2. The van der Waals surface area contributed by atoms with Crippen molar-refractivity contribution in [3.63, 3.8) is 0 Å². The van der Waals surface area contributed by atoms with Crippen molar-refractivity contribution in [2.75, 3.05) is 6.54 Å². The van der Waals surface area contributed by atoms with Gasteiger partial charge >= 0.3 is 0 Å². The van der Waals surface area contributed by atoms with Crippen LogP contribution in [0.2, 0.25) is 0 Å². The molecule has 0 aliphatic carbocycles. The molecule has 23 heavy (non-hydrogen) atoms. The van der Waals surface area contributed by atoms with Crippen molar-refractivity contribution in [3.8, 4) is 23.6 Å². The SMILES string of the molecule is CCc1nn(CCN)c(CC)c1Oc1ccc(C#N)cc1C#N. The molecule has 0 bridgehead atoms. The first-order valence-corrected chi connectivity index (χ1v) is 7.59. The van der Waals surface area contributed by atoms with Gasteiger partial charge in [-0.05, 0) is 31.0 Å². The van der Waals surface area contributed by atoms with Crippen LogP contribution in [0, 0.1) is 22.7 Å². The van der Waals surface area contributed by atoms with Gasteiger partial charge in [0.05, 0.1) is 29.4 Å². The maximum Gasteiger partial charge on any atom is 0.171 e. The zero-order valence-corrected chi connectivity index (χ0v) is 13.3. The van der Waals surface area contributed by atoms with E-state index in [1.165, 1.54) is 6.07 Å². The third-order valence-corrected chi connectivity index (χ3v) is 3.53. The van der Waals surface area contributed by atoms with Crippen molar-refractivity contribution in [2.45, 2.75) is 33.2 Å². The third-order valence-electron chi connectivity index (χ3n) is 3.53. The maximum atomic E-state index is 9.28. The number of hydrogen-bond acceptors (Lipinski definition) is 5. The number of nitrogens with two attached hydrogens (primary N) is 1. The van der Waals surface area contributed by atoms with Gasteiger partial charge in [-0.1, -0.05) is 13.8 Å². The standard InChI is InChI=1S/C17H19N5O/c1-3-14-17(15(4-2)22(21-14)8-7-18)23-16-6-5-12(10-19)9-13(16)11-20/h5-6,9H,3-4,7-8,18H2,1-2H3. The van der Waals surface area contributed by atoms with Crippen molar-refractivity contribution in [1.82, 2.24) is 9.78 Å². The number of hydrogen-bond donors (Lipinski definition) is 1. The Labute approximate surface area is 135 Å². The quantitative estimate of drug-likeness (QED) is 0.883. The lowest BCUT2D eigenvalue weighted by molar-refractivity contribution is 0.466. The second-order valence-corrected chi connectivity index (χ2v) is 4.98. The van der Waals surface area contributed by atoms with Gasteiger partial charge in [0.1, 0.15) is 17.5 Å². The monoisotopic (exact) mass is 309 g/mol. The Morgan fingerprint density at radius 1 is 1.22 bits per heavy atom. The first-order chi connectivity index (χ1) is 11.2. The normalized spacial score (nSPS) is 10.1. The van der Waals surface area contributed by atoms with Crippen molar-refractivity contribution in [3.05, 3.63) is 40.7 Å². The highest BCUT2D eigenvalue weighted by molar-refractivity contribution is 5.51. The second kappa shape index (κ2) is 7.44. The van der Waals surface area contributed by atoms with E-state index in [1.807, 2.05) is 24.6 Å². The molecule has 2 N–H and O–H groups in total. The van der Waals surface area contributed by atoms with Gasteiger partial charge < -0.3 is 10.5 Å². The van der Waals surface area contributed by atoms with E-state index in [4.69, 9.17) is 15.7 Å². The van der Waals surface area contributed by atoms with E-state index in [-0.39, 0.29) is 0 Å². The number of nitrogens with zero attached hydrogens (tertiary/aromatic N) is 4. The van der Waals surface area contributed by atoms with Crippen LogP contribution in [0.3, 0.4) is 0 Å². The van der Waals surface area contributed by atoms with Gasteiger partial charge in [-0.15, -0.1) is 0 Å². The molecule has 0 unspecified atom stereocenters. The van der Waals surface area contributed by atoms with Crippen LogP contribution >= 0.6 is 0 Å². The van der Waals surface area contributed by atoms with Crippen LogP contribution in [0.4, 0.5) is 0 Å². The molecule has 0 saturated carbocycles. The van der Waals surface area contributed by atoms with E-state index < -0.39 is 0 Å². The van der Waals surface area contributed by atoms with E-state index in [9.17, 15) is 5.26 Å². The van der Waals surface area contributed by atoms with Gasteiger partial charge in [0.2, 0.25) is 0 Å². The van der Waals surface area contributed by atoms with Crippen molar-refractivity contribution in [2.24, 2.45) is 5.73 Å². The smallest absolute Gasteiger partial charge is 0.171 e. The van der Waals surface area contributed by atoms with E-state index in [0.717, 1.165) is 24.2 Å². The zero-order valence-electron chi connectivity index (χ0n) is 13.3. The van der Waals surface area contributed by atoms with Crippen LogP contribution in [0.25, 0.3) is 0 Å². The summed E-state index contributed by atoms with van der Waals surface area (Å²) in [6.07, 6.45) is 1.47. The molecule has 1 aromatic carbocycles. The van der Waals surface area contributed by atoms with Crippen LogP contribution in [-0.4, -0.2) is 16.3 Å². The predicted molar refractivity (Wildman–Crippen MR) is 86.0 cm³/mol. The summed E-state index contributed by atoms with van der Waals surface area (Å²) in [5.41, 5.74) is 8.20. The molecule has 6 heteroatoms. The molecule has 0 aliphatic rings. The lowest BCUT2D eigenvalue weighted by Gasteiger charge is -2.10. The molecule has 0 radical (unpaired) electrons. The second-order valence-electron chi connectivity index (χ2n) is 4.98. The fourth-order valence-electron chi connectivity index (χ4n) is 2.42. The van der Waals surface area contributed by atoms with Crippen molar-refractivity contribution < 1.29 is 4.74 Å². The van der Waals surface area contributed by atoms with Crippen LogP contribution in [0.1, 0.15) is 36.4 Å². The molecular formula is C17H19N5O. The molecule has 2 rings (SSSR count). The van der Waals surface area contributed by atoms with E-state index in [0.29, 0.717) is 35.7 Å². The minimum absolute atomic E-state index is 0.333. The lowest BCUT2D eigenvalue weighted by atomic mass is 10.1. The summed E-state index contributed by atoms with van der Waals surface area (Å²) in [6, 6.07) is 8.91. The molecule has 118 valence electrons. The maximum absolute atomic E-state index is 9.28. The van der Waals surface area contributed by atoms with Crippen LogP contribution in [0.5, 0.6) is 11.5 Å². The predicted octanol–water partition coefficient (Wildman–Crippen LogP) is 2.50. The Hall–Kier alpha value is -2.83. The minimum Gasteiger partial charge on any atom is -0.452 e. The zero-order chi connectivity index (χ0) is 16.8. The van der Waals surface area contributed by atoms with Gasteiger partial charge in [0, 0.05) is 6.54 Å². The van der Waals surface area contributed by atoms with Gasteiger partial charge in [0.15, 0.2) is 5.75 Å².